The Balaban J connectivity index is 1.24. The van der Waals surface area contributed by atoms with Crippen LogP contribution in [0.5, 0.6) is 0 Å². The summed E-state index contributed by atoms with van der Waals surface area (Å²) in [5.74, 6) is 0.0356. The van der Waals surface area contributed by atoms with E-state index in [9.17, 15) is 13.2 Å². The Morgan fingerprint density at radius 2 is 1.58 bits per heavy atom. The summed E-state index contributed by atoms with van der Waals surface area (Å²) in [7, 11) is -3.73. The number of amides is 1. The quantitative estimate of drug-likeness (QED) is 0.348. The minimum absolute atomic E-state index is 0.141. The second-order valence-corrected chi connectivity index (χ2v) is 10.3. The molecular weight excluding hydrogens is 474 g/mol. The molecule has 0 saturated heterocycles. The number of fused-ring (bicyclic) bond motifs is 2. The molecule has 1 aromatic heterocycles. The van der Waals surface area contributed by atoms with E-state index in [0.717, 1.165) is 11.1 Å². The first kappa shape index (κ1) is 22.1. The van der Waals surface area contributed by atoms with Gasteiger partial charge in [-0.2, -0.15) is 0 Å². The number of para-hydroxylation sites is 4. The molecule has 1 amide bonds. The van der Waals surface area contributed by atoms with Gasteiger partial charge < -0.3 is 9.73 Å². The van der Waals surface area contributed by atoms with Crippen LogP contribution in [0.4, 0.5) is 11.4 Å². The molecule has 2 heterocycles. The molecule has 0 radical (unpaired) electrons. The third-order valence-electron chi connectivity index (χ3n) is 6.25. The Labute approximate surface area is 208 Å². The minimum atomic E-state index is -3.73. The van der Waals surface area contributed by atoms with Gasteiger partial charge in [0.1, 0.15) is 5.52 Å². The number of anilines is 2. The van der Waals surface area contributed by atoms with Crippen LogP contribution in [0, 0.1) is 0 Å². The molecule has 4 aromatic carbocycles. The molecule has 0 aliphatic carbocycles. The van der Waals surface area contributed by atoms with Crippen LogP contribution in [0.15, 0.2) is 106 Å². The fourth-order valence-electron chi connectivity index (χ4n) is 4.42. The minimum Gasteiger partial charge on any atom is -0.436 e. The van der Waals surface area contributed by atoms with E-state index < -0.39 is 10.0 Å². The molecule has 5 aromatic rings. The zero-order valence-corrected chi connectivity index (χ0v) is 19.9. The first-order chi connectivity index (χ1) is 17.5. The van der Waals surface area contributed by atoms with Crippen molar-refractivity contribution in [3.8, 4) is 11.5 Å². The molecule has 0 spiro atoms. The highest BCUT2D eigenvalue weighted by molar-refractivity contribution is 7.92. The van der Waals surface area contributed by atoms with E-state index >= 15 is 0 Å². The van der Waals surface area contributed by atoms with E-state index in [1.54, 1.807) is 6.07 Å². The van der Waals surface area contributed by atoms with E-state index in [2.05, 4.69) is 10.3 Å². The average molecular weight is 496 g/mol. The van der Waals surface area contributed by atoms with E-state index in [-0.39, 0.29) is 10.8 Å². The maximum Gasteiger partial charge on any atom is 0.264 e. The standard InChI is InChI=1S/C28H21N3O4S/c32-27(29-23-9-3-2-8-22(23)28-30-24-10-4-6-12-26(24)35-28)20-13-15-21(16-14-20)36(33,34)31-18-17-19-7-1-5-11-25(19)31/h1-16H,17-18H2,(H,29,32). The summed E-state index contributed by atoms with van der Waals surface area (Å²) < 4.78 is 33.8. The summed E-state index contributed by atoms with van der Waals surface area (Å²) in [6, 6.07) is 28.2. The largest absolute Gasteiger partial charge is 0.436 e. The fraction of sp³-hybridized carbons (Fsp3) is 0.0714. The maximum atomic E-state index is 13.3. The zero-order valence-electron chi connectivity index (χ0n) is 19.1. The first-order valence-electron chi connectivity index (χ1n) is 11.5. The van der Waals surface area contributed by atoms with Crippen LogP contribution in [-0.2, 0) is 16.4 Å². The second kappa shape index (κ2) is 8.66. The lowest BCUT2D eigenvalue weighted by molar-refractivity contribution is 0.102. The molecule has 0 atom stereocenters. The molecular formula is C28H21N3O4S. The predicted octanol–water partition coefficient (Wildman–Crippen LogP) is 5.50. The number of hydrogen-bond donors (Lipinski definition) is 1. The van der Waals surface area contributed by atoms with Gasteiger partial charge in [0.05, 0.1) is 21.8 Å². The van der Waals surface area contributed by atoms with Gasteiger partial charge >= 0.3 is 0 Å². The Bertz CT molecular complexity index is 1680. The van der Waals surface area contributed by atoms with Crippen molar-refractivity contribution in [1.82, 2.24) is 4.98 Å². The summed E-state index contributed by atoms with van der Waals surface area (Å²) >= 11 is 0. The van der Waals surface area contributed by atoms with Crippen LogP contribution in [0.25, 0.3) is 22.6 Å². The van der Waals surface area contributed by atoms with Gasteiger partial charge in [0.15, 0.2) is 5.58 Å². The van der Waals surface area contributed by atoms with E-state index in [0.29, 0.717) is 46.9 Å². The number of hydrogen-bond acceptors (Lipinski definition) is 5. The van der Waals surface area contributed by atoms with Gasteiger partial charge in [-0.3, -0.25) is 9.10 Å². The SMILES string of the molecule is O=C(Nc1ccccc1-c1nc2ccccc2o1)c1ccc(S(=O)(=O)N2CCc3ccccc32)cc1. The van der Waals surface area contributed by atoms with Gasteiger partial charge in [0.2, 0.25) is 5.89 Å². The van der Waals surface area contributed by atoms with Gasteiger partial charge in [-0.25, -0.2) is 13.4 Å². The van der Waals surface area contributed by atoms with E-state index in [1.165, 1.54) is 28.6 Å². The summed E-state index contributed by atoms with van der Waals surface area (Å²) in [6.45, 7) is 0.399. The summed E-state index contributed by atoms with van der Waals surface area (Å²) in [5.41, 5.74) is 4.62. The Hall–Kier alpha value is -4.43. The second-order valence-electron chi connectivity index (χ2n) is 8.47. The molecule has 7 nitrogen and oxygen atoms in total. The Morgan fingerprint density at radius 3 is 2.42 bits per heavy atom. The van der Waals surface area contributed by atoms with E-state index in [4.69, 9.17) is 4.42 Å². The Kier molecular flexibility index (Phi) is 5.30. The highest BCUT2D eigenvalue weighted by atomic mass is 32.2. The number of sulfonamides is 1. The number of benzene rings is 4. The lowest BCUT2D eigenvalue weighted by atomic mass is 10.1. The predicted molar refractivity (Wildman–Crippen MR) is 139 cm³/mol. The molecule has 0 saturated carbocycles. The van der Waals surface area contributed by atoms with Gasteiger partial charge in [-0.05, 0) is 66.6 Å². The molecule has 1 aliphatic rings. The number of nitrogens with one attached hydrogen (secondary N) is 1. The van der Waals surface area contributed by atoms with Gasteiger partial charge in [0, 0.05) is 12.1 Å². The van der Waals surface area contributed by atoms with Gasteiger partial charge in [-0.1, -0.05) is 42.5 Å². The molecule has 0 fully saturated rings. The topological polar surface area (TPSA) is 92.5 Å². The Morgan fingerprint density at radius 1 is 0.861 bits per heavy atom. The molecule has 36 heavy (non-hydrogen) atoms. The highest BCUT2D eigenvalue weighted by Gasteiger charge is 2.30. The number of rotatable bonds is 5. The van der Waals surface area contributed by atoms with Crippen molar-refractivity contribution in [1.29, 1.82) is 0 Å². The van der Waals surface area contributed by atoms with Crippen molar-refractivity contribution in [3.63, 3.8) is 0 Å². The molecule has 178 valence electrons. The summed E-state index contributed by atoms with van der Waals surface area (Å²) in [5, 5.41) is 2.90. The lowest BCUT2D eigenvalue weighted by Gasteiger charge is -2.19. The molecule has 1 N–H and O–H groups in total. The normalized spacial score (nSPS) is 13.1. The van der Waals surface area contributed by atoms with Crippen molar-refractivity contribution < 1.29 is 17.6 Å². The van der Waals surface area contributed by atoms with Crippen molar-refractivity contribution >= 4 is 38.4 Å². The number of oxazole rings is 1. The summed E-state index contributed by atoms with van der Waals surface area (Å²) in [6.07, 6.45) is 0.676. The maximum absolute atomic E-state index is 13.3. The van der Waals surface area contributed by atoms with Gasteiger partial charge in [0.25, 0.3) is 15.9 Å². The van der Waals surface area contributed by atoms with Crippen molar-refractivity contribution in [2.24, 2.45) is 0 Å². The highest BCUT2D eigenvalue weighted by Crippen LogP contribution is 2.33. The van der Waals surface area contributed by atoms with E-state index in [1.807, 2.05) is 66.7 Å². The van der Waals surface area contributed by atoms with Gasteiger partial charge in [-0.15, -0.1) is 0 Å². The lowest BCUT2D eigenvalue weighted by Crippen LogP contribution is -2.29. The third kappa shape index (κ3) is 3.81. The number of carbonyl (C=O) groups is 1. The molecule has 6 rings (SSSR count). The molecule has 8 heteroatoms. The van der Waals surface area contributed by atoms with Crippen molar-refractivity contribution in [2.75, 3.05) is 16.2 Å². The number of carbonyl (C=O) groups excluding carboxylic acids is 1. The third-order valence-corrected chi connectivity index (χ3v) is 8.08. The molecule has 0 bridgehead atoms. The average Bonchev–Trinajstić information content (AvgIpc) is 3.54. The molecule has 0 unspecified atom stereocenters. The van der Waals surface area contributed by atoms with Crippen LogP contribution in [-0.4, -0.2) is 25.9 Å². The number of aromatic nitrogens is 1. The van der Waals surface area contributed by atoms with Crippen LogP contribution >= 0.6 is 0 Å². The van der Waals surface area contributed by atoms with Crippen molar-refractivity contribution in [3.05, 3.63) is 108 Å². The molecule has 1 aliphatic heterocycles. The monoisotopic (exact) mass is 495 g/mol. The number of nitrogens with zero attached hydrogens (tertiary/aromatic N) is 2. The fourth-order valence-corrected chi connectivity index (χ4v) is 5.93. The first-order valence-corrected chi connectivity index (χ1v) is 12.9. The zero-order chi connectivity index (χ0) is 24.7. The van der Waals surface area contributed by atoms with Crippen LogP contribution < -0.4 is 9.62 Å². The smallest absolute Gasteiger partial charge is 0.264 e. The van der Waals surface area contributed by atoms with Crippen LogP contribution in [0.2, 0.25) is 0 Å². The summed E-state index contributed by atoms with van der Waals surface area (Å²) in [4.78, 5) is 17.7. The van der Waals surface area contributed by atoms with Crippen molar-refractivity contribution in [2.45, 2.75) is 11.3 Å². The van der Waals surface area contributed by atoms with Crippen LogP contribution in [0.3, 0.4) is 0 Å². The van der Waals surface area contributed by atoms with Crippen LogP contribution in [0.1, 0.15) is 15.9 Å².